The average molecular weight is 360 g/mol. The standard InChI is InChI=1S/C17H18ClN5O2/c1-11-8-13(4-5-14(11)18)25-10-23-7-6-15(21-23)17(24)20-16-9-19-22(3)12(16)2/h4-9H,10H2,1-3H3,(H,20,24). The van der Waals surface area contributed by atoms with E-state index in [-0.39, 0.29) is 12.6 Å². The molecule has 3 rings (SSSR count). The number of anilines is 1. The molecule has 0 atom stereocenters. The molecule has 0 bridgehead atoms. The molecule has 1 aromatic carbocycles. The molecule has 0 aliphatic rings. The van der Waals surface area contributed by atoms with Crippen molar-refractivity contribution in [1.82, 2.24) is 19.6 Å². The molecular formula is C17H18ClN5O2. The molecule has 0 aliphatic heterocycles. The fourth-order valence-electron chi connectivity index (χ4n) is 2.21. The minimum Gasteiger partial charge on any atom is -0.471 e. The first-order valence-electron chi connectivity index (χ1n) is 7.66. The smallest absolute Gasteiger partial charge is 0.276 e. The van der Waals surface area contributed by atoms with Crippen molar-refractivity contribution >= 4 is 23.2 Å². The lowest BCUT2D eigenvalue weighted by Gasteiger charge is -2.07. The maximum Gasteiger partial charge on any atom is 0.276 e. The zero-order valence-electron chi connectivity index (χ0n) is 14.2. The fraction of sp³-hybridized carbons (Fsp3) is 0.235. The van der Waals surface area contributed by atoms with E-state index in [0.717, 1.165) is 11.3 Å². The number of aryl methyl sites for hydroxylation is 2. The predicted octanol–water partition coefficient (Wildman–Crippen LogP) is 3.18. The average Bonchev–Trinajstić information content (AvgIpc) is 3.18. The lowest BCUT2D eigenvalue weighted by molar-refractivity contribution is 0.102. The van der Waals surface area contributed by atoms with Gasteiger partial charge in [-0.15, -0.1) is 0 Å². The van der Waals surface area contributed by atoms with Gasteiger partial charge in [0.15, 0.2) is 12.4 Å². The van der Waals surface area contributed by atoms with Crippen LogP contribution in [0.25, 0.3) is 0 Å². The Balaban J connectivity index is 1.62. The number of nitrogens with one attached hydrogen (secondary N) is 1. The summed E-state index contributed by atoms with van der Waals surface area (Å²) in [7, 11) is 1.82. The third kappa shape index (κ3) is 3.83. The summed E-state index contributed by atoms with van der Waals surface area (Å²) < 4.78 is 8.90. The number of hydrogen-bond donors (Lipinski definition) is 1. The van der Waals surface area contributed by atoms with E-state index in [1.807, 2.05) is 27.0 Å². The molecule has 130 valence electrons. The highest BCUT2D eigenvalue weighted by atomic mass is 35.5. The summed E-state index contributed by atoms with van der Waals surface area (Å²) in [6.45, 7) is 3.98. The van der Waals surface area contributed by atoms with Crippen molar-refractivity contribution in [3.63, 3.8) is 0 Å². The number of carbonyl (C=O) groups is 1. The van der Waals surface area contributed by atoms with Crippen LogP contribution in [0.2, 0.25) is 5.02 Å². The molecule has 0 saturated carbocycles. The number of benzene rings is 1. The third-order valence-electron chi connectivity index (χ3n) is 3.85. The number of halogens is 1. The normalized spacial score (nSPS) is 10.7. The number of rotatable bonds is 5. The molecule has 3 aromatic rings. The van der Waals surface area contributed by atoms with Crippen LogP contribution in [0.3, 0.4) is 0 Å². The molecule has 25 heavy (non-hydrogen) atoms. The molecule has 1 amide bonds. The fourth-order valence-corrected chi connectivity index (χ4v) is 2.33. The van der Waals surface area contributed by atoms with Gasteiger partial charge in [0.2, 0.25) is 0 Å². The second-order valence-corrected chi connectivity index (χ2v) is 6.05. The quantitative estimate of drug-likeness (QED) is 0.759. The Morgan fingerprint density at radius 1 is 1.32 bits per heavy atom. The molecule has 0 aliphatic carbocycles. The van der Waals surface area contributed by atoms with E-state index in [4.69, 9.17) is 16.3 Å². The molecule has 8 heteroatoms. The molecule has 0 unspecified atom stereocenters. The van der Waals surface area contributed by atoms with Crippen LogP contribution in [0.5, 0.6) is 5.75 Å². The van der Waals surface area contributed by atoms with Gasteiger partial charge in [-0.3, -0.25) is 9.48 Å². The number of carbonyl (C=O) groups excluding carboxylic acids is 1. The minimum atomic E-state index is -0.294. The number of ether oxygens (including phenoxy) is 1. The summed E-state index contributed by atoms with van der Waals surface area (Å²) in [5.74, 6) is 0.395. The van der Waals surface area contributed by atoms with Crippen molar-refractivity contribution in [3.05, 3.63) is 58.6 Å². The molecule has 0 saturated heterocycles. The molecule has 2 heterocycles. The van der Waals surface area contributed by atoms with E-state index < -0.39 is 0 Å². The van der Waals surface area contributed by atoms with Gasteiger partial charge in [0.05, 0.1) is 17.6 Å². The first-order chi connectivity index (χ1) is 11.9. The van der Waals surface area contributed by atoms with Crippen LogP contribution in [0.1, 0.15) is 21.7 Å². The van der Waals surface area contributed by atoms with Crippen LogP contribution in [-0.2, 0) is 13.8 Å². The molecule has 7 nitrogen and oxygen atoms in total. The third-order valence-corrected chi connectivity index (χ3v) is 4.27. The zero-order valence-corrected chi connectivity index (χ0v) is 14.9. The molecule has 2 aromatic heterocycles. The van der Waals surface area contributed by atoms with Crippen molar-refractivity contribution in [2.45, 2.75) is 20.6 Å². The SMILES string of the molecule is Cc1cc(OCn2ccc(C(=O)Nc3cnn(C)c3C)n2)ccc1Cl. The second kappa shape index (κ2) is 6.98. The lowest BCUT2D eigenvalue weighted by Crippen LogP contribution is -2.14. The Morgan fingerprint density at radius 2 is 2.12 bits per heavy atom. The van der Waals surface area contributed by atoms with Gasteiger partial charge in [0.25, 0.3) is 5.91 Å². The van der Waals surface area contributed by atoms with E-state index in [2.05, 4.69) is 15.5 Å². The van der Waals surface area contributed by atoms with Crippen LogP contribution in [0.4, 0.5) is 5.69 Å². The maximum absolute atomic E-state index is 12.3. The van der Waals surface area contributed by atoms with E-state index in [1.165, 1.54) is 0 Å². The summed E-state index contributed by atoms with van der Waals surface area (Å²) in [6, 6.07) is 7.06. The van der Waals surface area contributed by atoms with Crippen LogP contribution < -0.4 is 10.1 Å². The van der Waals surface area contributed by atoms with Gasteiger partial charge in [-0.05, 0) is 43.7 Å². The highest BCUT2D eigenvalue weighted by molar-refractivity contribution is 6.31. The molecular weight excluding hydrogens is 342 g/mol. The summed E-state index contributed by atoms with van der Waals surface area (Å²) in [5, 5.41) is 11.8. The topological polar surface area (TPSA) is 74.0 Å². The summed E-state index contributed by atoms with van der Waals surface area (Å²) in [6.07, 6.45) is 3.30. The van der Waals surface area contributed by atoms with Crippen molar-refractivity contribution in [1.29, 1.82) is 0 Å². The highest BCUT2D eigenvalue weighted by Crippen LogP contribution is 2.21. The van der Waals surface area contributed by atoms with Crippen LogP contribution in [0, 0.1) is 13.8 Å². The van der Waals surface area contributed by atoms with Gasteiger partial charge in [0.1, 0.15) is 5.75 Å². The van der Waals surface area contributed by atoms with Gasteiger partial charge in [-0.25, -0.2) is 4.68 Å². The van der Waals surface area contributed by atoms with Crippen molar-refractivity contribution in [3.8, 4) is 5.75 Å². The first-order valence-corrected chi connectivity index (χ1v) is 8.04. The first kappa shape index (κ1) is 17.0. The second-order valence-electron chi connectivity index (χ2n) is 5.65. The largest absolute Gasteiger partial charge is 0.471 e. The van der Waals surface area contributed by atoms with Crippen LogP contribution in [-0.4, -0.2) is 25.5 Å². The van der Waals surface area contributed by atoms with Crippen molar-refractivity contribution in [2.75, 3.05) is 5.32 Å². The van der Waals surface area contributed by atoms with Gasteiger partial charge in [-0.1, -0.05) is 11.6 Å². The van der Waals surface area contributed by atoms with Gasteiger partial charge >= 0.3 is 0 Å². The highest BCUT2D eigenvalue weighted by Gasteiger charge is 2.13. The Hall–Kier alpha value is -2.80. The monoisotopic (exact) mass is 359 g/mol. The molecule has 0 radical (unpaired) electrons. The van der Waals surface area contributed by atoms with Gasteiger partial charge in [0, 0.05) is 18.3 Å². The Kier molecular flexibility index (Phi) is 4.76. The minimum absolute atomic E-state index is 0.195. The Bertz CT molecular complexity index is 916. The molecule has 0 fully saturated rings. The van der Waals surface area contributed by atoms with E-state index >= 15 is 0 Å². The maximum atomic E-state index is 12.3. The number of aromatic nitrogens is 4. The Morgan fingerprint density at radius 3 is 2.80 bits per heavy atom. The van der Waals surface area contributed by atoms with E-state index in [0.29, 0.717) is 22.2 Å². The van der Waals surface area contributed by atoms with Gasteiger partial charge in [-0.2, -0.15) is 10.2 Å². The molecule has 1 N–H and O–H groups in total. The summed E-state index contributed by atoms with van der Waals surface area (Å²) in [5.41, 5.74) is 2.77. The lowest BCUT2D eigenvalue weighted by atomic mass is 10.2. The van der Waals surface area contributed by atoms with Crippen molar-refractivity contribution < 1.29 is 9.53 Å². The Labute approximate surface area is 150 Å². The van der Waals surface area contributed by atoms with Crippen LogP contribution >= 0.6 is 11.6 Å². The van der Waals surface area contributed by atoms with E-state index in [1.54, 1.807) is 40.0 Å². The van der Waals surface area contributed by atoms with Gasteiger partial charge < -0.3 is 10.1 Å². The number of nitrogens with zero attached hydrogens (tertiary/aromatic N) is 4. The number of hydrogen-bond acceptors (Lipinski definition) is 4. The zero-order chi connectivity index (χ0) is 18.0. The summed E-state index contributed by atoms with van der Waals surface area (Å²) >= 11 is 5.99. The number of amides is 1. The summed E-state index contributed by atoms with van der Waals surface area (Å²) in [4.78, 5) is 12.3. The molecule has 0 spiro atoms. The van der Waals surface area contributed by atoms with Crippen LogP contribution in [0.15, 0.2) is 36.7 Å². The predicted molar refractivity (Wildman–Crippen MR) is 94.9 cm³/mol. The van der Waals surface area contributed by atoms with E-state index in [9.17, 15) is 4.79 Å². The van der Waals surface area contributed by atoms with Crippen molar-refractivity contribution in [2.24, 2.45) is 7.05 Å².